The Labute approximate surface area is 73.7 Å². The highest BCUT2D eigenvalue weighted by Gasteiger charge is 2.18. The van der Waals surface area contributed by atoms with E-state index in [9.17, 15) is 9.18 Å². The lowest BCUT2D eigenvalue weighted by molar-refractivity contribution is 0.0692. The van der Waals surface area contributed by atoms with E-state index in [-0.39, 0.29) is 11.4 Å². The lowest BCUT2D eigenvalue weighted by Crippen LogP contribution is -2.06. The zero-order chi connectivity index (χ0) is 10.0. The van der Waals surface area contributed by atoms with Crippen molar-refractivity contribution in [3.63, 3.8) is 0 Å². The van der Waals surface area contributed by atoms with Crippen molar-refractivity contribution in [1.82, 2.24) is 0 Å². The molecule has 0 fully saturated rings. The van der Waals surface area contributed by atoms with Gasteiger partial charge in [0.1, 0.15) is 5.56 Å². The van der Waals surface area contributed by atoms with Gasteiger partial charge in [-0.2, -0.15) is 0 Å². The second kappa shape index (κ2) is 3.30. The van der Waals surface area contributed by atoms with E-state index in [1.54, 1.807) is 0 Å². The van der Waals surface area contributed by atoms with Crippen LogP contribution in [-0.4, -0.2) is 18.2 Å². The van der Waals surface area contributed by atoms with Gasteiger partial charge in [-0.25, -0.2) is 9.18 Å². The van der Waals surface area contributed by atoms with Crippen LogP contribution < -0.4 is 10.5 Å². The zero-order valence-corrected chi connectivity index (χ0v) is 6.87. The Bertz CT molecular complexity index is 351. The molecule has 0 atom stereocenters. The third kappa shape index (κ3) is 1.53. The van der Waals surface area contributed by atoms with Crippen molar-refractivity contribution in [1.29, 1.82) is 0 Å². The number of carboxylic acids is 1. The first kappa shape index (κ1) is 9.31. The Hall–Kier alpha value is -1.78. The number of carboxylic acid groups (broad SMARTS) is 1. The molecule has 0 aliphatic rings. The van der Waals surface area contributed by atoms with Crippen LogP contribution in [0.25, 0.3) is 0 Å². The molecule has 0 saturated carbocycles. The van der Waals surface area contributed by atoms with Crippen molar-refractivity contribution >= 4 is 11.7 Å². The van der Waals surface area contributed by atoms with Crippen molar-refractivity contribution < 1.29 is 19.0 Å². The number of halogens is 1. The second-order valence-corrected chi connectivity index (χ2v) is 2.35. The molecular formula is C8H8FNO3. The van der Waals surface area contributed by atoms with E-state index in [0.29, 0.717) is 0 Å². The van der Waals surface area contributed by atoms with E-state index in [1.807, 2.05) is 0 Å². The van der Waals surface area contributed by atoms with Crippen LogP contribution in [-0.2, 0) is 0 Å². The van der Waals surface area contributed by atoms with E-state index in [1.165, 1.54) is 19.2 Å². The summed E-state index contributed by atoms with van der Waals surface area (Å²) in [5.41, 5.74) is 4.59. The molecule has 5 heteroatoms. The molecule has 1 rings (SSSR count). The van der Waals surface area contributed by atoms with E-state index in [0.717, 1.165) is 0 Å². The predicted octanol–water partition coefficient (Wildman–Crippen LogP) is 1.11. The van der Waals surface area contributed by atoms with E-state index < -0.39 is 17.3 Å². The van der Waals surface area contributed by atoms with Gasteiger partial charge in [-0.3, -0.25) is 0 Å². The largest absolute Gasteiger partial charge is 0.494 e. The lowest BCUT2D eigenvalue weighted by Gasteiger charge is -2.06. The van der Waals surface area contributed by atoms with Gasteiger partial charge in [-0.15, -0.1) is 0 Å². The maximum Gasteiger partial charge on any atom is 0.340 e. The molecule has 70 valence electrons. The van der Waals surface area contributed by atoms with Crippen LogP contribution in [0, 0.1) is 5.82 Å². The van der Waals surface area contributed by atoms with E-state index >= 15 is 0 Å². The standard InChI is InChI=1S/C8H8FNO3/c1-13-5-3-2-4(10)6(7(5)9)8(11)12/h2-3H,10H2,1H3,(H,11,12). The highest BCUT2D eigenvalue weighted by molar-refractivity contribution is 5.94. The SMILES string of the molecule is COc1ccc(N)c(C(=O)O)c1F. The zero-order valence-electron chi connectivity index (χ0n) is 6.87. The molecule has 4 nitrogen and oxygen atoms in total. The van der Waals surface area contributed by atoms with Gasteiger partial charge in [0.05, 0.1) is 7.11 Å². The molecule has 0 saturated heterocycles. The van der Waals surface area contributed by atoms with Gasteiger partial charge in [0.15, 0.2) is 11.6 Å². The maximum absolute atomic E-state index is 13.2. The highest BCUT2D eigenvalue weighted by atomic mass is 19.1. The Balaban J connectivity index is 3.38. The van der Waals surface area contributed by atoms with Gasteiger partial charge in [0, 0.05) is 5.69 Å². The average Bonchev–Trinajstić information content (AvgIpc) is 2.04. The smallest absolute Gasteiger partial charge is 0.340 e. The fraction of sp³-hybridized carbons (Fsp3) is 0.125. The number of methoxy groups -OCH3 is 1. The van der Waals surface area contributed by atoms with Gasteiger partial charge in [-0.1, -0.05) is 0 Å². The fourth-order valence-electron chi connectivity index (χ4n) is 0.947. The average molecular weight is 185 g/mol. The number of carbonyl (C=O) groups is 1. The summed E-state index contributed by atoms with van der Waals surface area (Å²) in [6.07, 6.45) is 0. The summed E-state index contributed by atoms with van der Waals surface area (Å²) in [6.45, 7) is 0. The fourth-order valence-corrected chi connectivity index (χ4v) is 0.947. The van der Waals surface area contributed by atoms with Crippen LogP contribution in [0.4, 0.5) is 10.1 Å². The monoisotopic (exact) mass is 185 g/mol. The Morgan fingerprint density at radius 3 is 2.69 bits per heavy atom. The second-order valence-electron chi connectivity index (χ2n) is 2.35. The van der Waals surface area contributed by atoms with Crippen LogP contribution in [0.2, 0.25) is 0 Å². The summed E-state index contributed by atoms with van der Waals surface area (Å²) < 4.78 is 17.8. The third-order valence-electron chi connectivity index (χ3n) is 1.57. The Morgan fingerprint density at radius 1 is 1.62 bits per heavy atom. The molecule has 1 aromatic rings. The molecule has 0 aliphatic heterocycles. The molecular weight excluding hydrogens is 177 g/mol. The molecule has 0 amide bonds. The van der Waals surface area contributed by atoms with Crippen molar-refractivity contribution in [2.75, 3.05) is 12.8 Å². The third-order valence-corrected chi connectivity index (χ3v) is 1.57. The summed E-state index contributed by atoms with van der Waals surface area (Å²) in [6, 6.07) is 2.56. The number of hydrogen-bond donors (Lipinski definition) is 2. The van der Waals surface area contributed by atoms with Crippen molar-refractivity contribution in [2.45, 2.75) is 0 Å². The topological polar surface area (TPSA) is 72.5 Å². The number of aromatic carboxylic acids is 1. The number of ether oxygens (including phenoxy) is 1. The number of hydrogen-bond acceptors (Lipinski definition) is 3. The molecule has 0 aliphatic carbocycles. The maximum atomic E-state index is 13.2. The van der Waals surface area contributed by atoms with Gasteiger partial charge < -0.3 is 15.6 Å². The van der Waals surface area contributed by atoms with Gasteiger partial charge in [0.2, 0.25) is 0 Å². The number of benzene rings is 1. The molecule has 0 radical (unpaired) electrons. The van der Waals surface area contributed by atoms with Crippen LogP contribution in [0.1, 0.15) is 10.4 Å². The number of anilines is 1. The summed E-state index contributed by atoms with van der Waals surface area (Å²) in [7, 11) is 1.25. The molecule has 0 bridgehead atoms. The van der Waals surface area contributed by atoms with E-state index in [4.69, 9.17) is 10.8 Å². The van der Waals surface area contributed by atoms with Crippen LogP contribution in [0.3, 0.4) is 0 Å². The predicted molar refractivity (Wildman–Crippen MR) is 44.3 cm³/mol. The molecule has 0 spiro atoms. The number of nitrogen functional groups attached to an aromatic ring is 1. The molecule has 13 heavy (non-hydrogen) atoms. The number of rotatable bonds is 2. The number of nitrogens with two attached hydrogens (primary N) is 1. The van der Waals surface area contributed by atoms with Gasteiger partial charge in [0.25, 0.3) is 0 Å². The normalized spacial score (nSPS) is 9.69. The molecule has 0 heterocycles. The minimum absolute atomic E-state index is 0.120. The Kier molecular flexibility index (Phi) is 2.36. The van der Waals surface area contributed by atoms with Gasteiger partial charge in [-0.05, 0) is 12.1 Å². The molecule has 0 unspecified atom stereocenters. The minimum atomic E-state index is -1.41. The van der Waals surface area contributed by atoms with Crippen molar-refractivity contribution in [2.24, 2.45) is 0 Å². The first-order chi connectivity index (χ1) is 6.07. The molecule has 0 aromatic heterocycles. The first-order valence-electron chi connectivity index (χ1n) is 3.43. The van der Waals surface area contributed by atoms with Crippen LogP contribution in [0.5, 0.6) is 5.75 Å². The Morgan fingerprint density at radius 2 is 2.23 bits per heavy atom. The summed E-state index contributed by atoms with van der Waals surface area (Å²) in [5, 5.41) is 8.59. The van der Waals surface area contributed by atoms with E-state index in [2.05, 4.69) is 4.74 Å². The van der Waals surface area contributed by atoms with Crippen LogP contribution >= 0.6 is 0 Å². The first-order valence-corrected chi connectivity index (χ1v) is 3.43. The summed E-state index contributed by atoms with van der Waals surface area (Å²) in [5.74, 6) is -2.49. The quantitative estimate of drug-likeness (QED) is 0.677. The van der Waals surface area contributed by atoms with Gasteiger partial charge >= 0.3 is 5.97 Å². The molecule has 1 aromatic carbocycles. The van der Waals surface area contributed by atoms with Crippen molar-refractivity contribution in [3.8, 4) is 5.75 Å². The highest BCUT2D eigenvalue weighted by Crippen LogP contribution is 2.24. The minimum Gasteiger partial charge on any atom is -0.494 e. The summed E-state index contributed by atoms with van der Waals surface area (Å²) in [4.78, 5) is 10.5. The summed E-state index contributed by atoms with van der Waals surface area (Å²) >= 11 is 0. The van der Waals surface area contributed by atoms with Crippen molar-refractivity contribution in [3.05, 3.63) is 23.5 Å². The lowest BCUT2D eigenvalue weighted by atomic mass is 10.1. The van der Waals surface area contributed by atoms with Crippen LogP contribution in [0.15, 0.2) is 12.1 Å². The molecule has 3 N–H and O–H groups in total.